The molecule has 1 heterocycles. The standard InChI is InChI=1S/C15H22N2O2.ClH/c1-11-8-9-16-10-14(11)17-15(18)12(2)19-13-6-4-3-5-7-13;/h3-7,11-12,14,16H,8-10H2,1-2H3,(H,17,18);1H. The lowest BCUT2D eigenvalue weighted by atomic mass is 9.95. The van der Waals surface area contributed by atoms with E-state index in [2.05, 4.69) is 17.6 Å². The number of nitrogens with one attached hydrogen (secondary N) is 2. The summed E-state index contributed by atoms with van der Waals surface area (Å²) < 4.78 is 5.62. The number of hydrogen-bond donors (Lipinski definition) is 2. The molecule has 20 heavy (non-hydrogen) atoms. The summed E-state index contributed by atoms with van der Waals surface area (Å²) in [6, 6.07) is 9.62. The maximum absolute atomic E-state index is 12.1. The lowest BCUT2D eigenvalue weighted by Gasteiger charge is -2.31. The second-order valence-electron chi connectivity index (χ2n) is 5.16. The molecule has 1 amide bonds. The first-order valence-corrected chi connectivity index (χ1v) is 6.89. The SMILES string of the molecule is CC(Oc1ccccc1)C(=O)NC1CNCCC1C.Cl. The van der Waals surface area contributed by atoms with Gasteiger partial charge in [-0.2, -0.15) is 0 Å². The molecule has 3 unspecified atom stereocenters. The van der Waals surface area contributed by atoms with Crippen molar-refractivity contribution >= 4 is 18.3 Å². The van der Waals surface area contributed by atoms with E-state index in [1.165, 1.54) is 0 Å². The molecule has 2 rings (SSSR count). The Morgan fingerprint density at radius 2 is 2.10 bits per heavy atom. The van der Waals surface area contributed by atoms with Crippen molar-refractivity contribution < 1.29 is 9.53 Å². The number of amides is 1. The number of ether oxygens (including phenoxy) is 1. The molecular formula is C15H23ClN2O2. The fourth-order valence-electron chi connectivity index (χ4n) is 2.24. The first-order valence-electron chi connectivity index (χ1n) is 6.89. The van der Waals surface area contributed by atoms with Gasteiger partial charge >= 0.3 is 0 Å². The molecule has 1 aromatic rings. The summed E-state index contributed by atoms with van der Waals surface area (Å²) in [6.07, 6.45) is 0.621. The zero-order chi connectivity index (χ0) is 13.7. The fourth-order valence-corrected chi connectivity index (χ4v) is 2.24. The second kappa shape index (κ2) is 8.12. The molecule has 1 saturated heterocycles. The highest BCUT2D eigenvalue weighted by atomic mass is 35.5. The third kappa shape index (κ3) is 4.69. The third-order valence-corrected chi connectivity index (χ3v) is 3.58. The Labute approximate surface area is 126 Å². The van der Waals surface area contributed by atoms with Crippen LogP contribution in [0, 0.1) is 5.92 Å². The van der Waals surface area contributed by atoms with Gasteiger partial charge in [-0.25, -0.2) is 0 Å². The Kier molecular flexibility index (Phi) is 6.82. The highest BCUT2D eigenvalue weighted by Gasteiger charge is 2.25. The third-order valence-electron chi connectivity index (χ3n) is 3.58. The number of carbonyl (C=O) groups is 1. The molecule has 5 heteroatoms. The van der Waals surface area contributed by atoms with Crippen molar-refractivity contribution in [3.8, 4) is 5.75 Å². The van der Waals surface area contributed by atoms with Crippen molar-refractivity contribution in [2.24, 2.45) is 5.92 Å². The van der Waals surface area contributed by atoms with Crippen LogP contribution >= 0.6 is 12.4 Å². The van der Waals surface area contributed by atoms with E-state index < -0.39 is 6.10 Å². The van der Waals surface area contributed by atoms with E-state index in [-0.39, 0.29) is 24.4 Å². The smallest absolute Gasteiger partial charge is 0.261 e. The van der Waals surface area contributed by atoms with Crippen LogP contribution in [-0.2, 0) is 4.79 Å². The van der Waals surface area contributed by atoms with E-state index in [9.17, 15) is 4.79 Å². The predicted molar refractivity (Wildman–Crippen MR) is 82.4 cm³/mol. The minimum Gasteiger partial charge on any atom is -0.481 e. The zero-order valence-electron chi connectivity index (χ0n) is 12.0. The summed E-state index contributed by atoms with van der Waals surface area (Å²) in [5.41, 5.74) is 0. The van der Waals surface area contributed by atoms with Crippen molar-refractivity contribution in [2.75, 3.05) is 13.1 Å². The average Bonchev–Trinajstić information content (AvgIpc) is 2.42. The van der Waals surface area contributed by atoms with E-state index in [1.807, 2.05) is 30.3 Å². The molecule has 0 bridgehead atoms. The first-order chi connectivity index (χ1) is 9.16. The highest BCUT2D eigenvalue weighted by molar-refractivity contribution is 5.85. The molecule has 1 aliphatic heterocycles. The van der Waals surface area contributed by atoms with E-state index in [0.29, 0.717) is 5.92 Å². The van der Waals surface area contributed by atoms with Crippen LogP contribution in [0.1, 0.15) is 20.3 Å². The molecule has 0 spiro atoms. The van der Waals surface area contributed by atoms with E-state index in [4.69, 9.17) is 4.74 Å². The minimum absolute atomic E-state index is 0. The van der Waals surface area contributed by atoms with Crippen LogP contribution in [0.15, 0.2) is 30.3 Å². The normalized spacial score (nSPS) is 23.3. The maximum atomic E-state index is 12.1. The minimum atomic E-state index is -0.475. The molecule has 0 aliphatic carbocycles. The lowest BCUT2D eigenvalue weighted by Crippen LogP contribution is -2.52. The number of benzene rings is 1. The summed E-state index contributed by atoms with van der Waals surface area (Å²) >= 11 is 0. The summed E-state index contributed by atoms with van der Waals surface area (Å²) in [5, 5.41) is 6.37. The molecule has 1 aliphatic rings. The van der Waals surface area contributed by atoms with Gasteiger partial charge in [0.05, 0.1) is 0 Å². The van der Waals surface area contributed by atoms with Gasteiger partial charge in [0, 0.05) is 12.6 Å². The largest absolute Gasteiger partial charge is 0.481 e. The Balaban J connectivity index is 0.00000200. The number of rotatable bonds is 4. The zero-order valence-corrected chi connectivity index (χ0v) is 12.8. The molecular weight excluding hydrogens is 276 g/mol. The van der Waals surface area contributed by atoms with Crippen LogP contribution in [0.5, 0.6) is 5.75 Å². The van der Waals surface area contributed by atoms with Crippen molar-refractivity contribution in [3.05, 3.63) is 30.3 Å². The molecule has 3 atom stereocenters. The van der Waals surface area contributed by atoms with Gasteiger partial charge in [0.2, 0.25) is 0 Å². The van der Waals surface area contributed by atoms with Crippen LogP contribution in [0.25, 0.3) is 0 Å². The Morgan fingerprint density at radius 1 is 1.40 bits per heavy atom. The first kappa shape index (κ1) is 16.8. The number of piperidine rings is 1. The van der Waals surface area contributed by atoms with Crippen molar-refractivity contribution in [2.45, 2.75) is 32.4 Å². The van der Waals surface area contributed by atoms with Gasteiger partial charge in [-0.05, 0) is 37.9 Å². The summed E-state index contributed by atoms with van der Waals surface area (Å²) in [7, 11) is 0. The van der Waals surface area contributed by atoms with Gasteiger partial charge in [-0.15, -0.1) is 12.4 Å². The van der Waals surface area contributed by atoms with Crippen LogP contribution in [0.4, 0.5) is 0 Å². The highest BCUT2D eigenvalue weighted by Crippen LogP contribution is 2.13. The predicted octanol–water partition coefficient (Wildman–Crippen LogP) is 1.99. The Hall–Kier alpha value is -1.26. The van der Waals surface area contributed by atoms with Crippen molar-refractivity contribution in [1.82, 2.24) is 10.6 Å². The van der Waals surface area contributed by atoms with Crippen molar-refractivity contribution in [1.29, 1.82) is 0 Å². The number of carbonyl (C=O) groups excluding carboxylic acids is 1. The maximum Gasteiger partial charge on any atom is 0.261 e. The summed E-state index contributed by atoms with van der Waals surface area (Å²) in [5.74, 6) is 1.18. The van der Waals surface area contributed by atoms with E-state index in [1.54, 1.807) is 6.92 Å². The molecule has 4 nitrogen and oxygen atoms in total. The van der Waals surface area contributed by atoms with E-state index in [0.717, 1.165) is 25.3 Å². The molecule has 0 aromatic heterocycles. The van der Waals surface area contributed by atoms with Crippen molar-refractivity contribution in [3.63, 3.8) is 0 Å². The van der Waals surface area contributed by atoms with Gasteiger partial charge in [0.15, 0.2) is 6.10 Å². The van der Waals surface area contributed by atoms with Gasteiger partial charge in [0.25, 0.3) is 5.91 Å². The second-order valence-corrected chi connectivity index (χ2v) is 5.16. The Morgan fingerprint density at radius 3 is 2.75 bits per heavy atom. The summed E-state index contributed by atoms with van der Waals surface area (Å²) in [4.78, 5) is 12.1. The van der Waals surface area contributed by atoms with Crippen LogP contribution in [-0.4, -0.2) is 31.1 Å². The average molecular weight is 299 g/mol. The topological polar surface area (TPSA) is 50.4 Å². The molecule has 0 radical (unpaired) electrons. The van der Waals surface area contributed by atoms with Gasteiger partial charge in [-0.1, -0.05) is 25.1 Å². The van der Waals surface area contributed by atoms with Gasteiger partial charge < -0.3 is 15.4 Å². The Bertz CT molecular complexity index is 414. The van der Waals surface area contributed by atoms with Crippen LogP contribution in [0.3, 0.4) is 0 Å². The molecule has 1 aromatic carbocycles. The lowest BCUT2D eigenvalue weighted by molar-refractivity contribution is -0.128. The molecule has 0 saturated carbocycles. The monoisotopic (exact) mass is 298 g/mol. The summed E-state index contributed by atoms with van der Waals surface area (Å²) in [6.45, 7) is 5.83. The quantitative estimate of drug-likeness (QED) is 0.894. The molecule has 2 N–H and O–H groups in total. The molecule has 1 fully saturated rings. The number of hydrogen-bond acceptors (Lipinski definition) is 3. The number of halogens is 1. The van der Waals surface area contributed by atoms with Crippen LogP contribution in [0.2, 0.25) is 0 Å². The fraction of sp³-hybridized carbons (Fsp3) is 0.533. The number of para-hydroxylation sites is 1. The molecule has 112 valence electrons. The van der Waals surface area contributed by atoms with Gasteiger partial charge in [0.1, 0.15) is 5.75 Å². The van der Waals surface area contributed by atoms with Crippen LogP contribution < -0.4 is 15.4 Å². The van der Waals surface area contributed by atoms with E-state index >= 15 is 0 Å². The van der Waals surface area contributed by atoms with Gasteiger partial charge in [-0.3, -0.25) is 4.79 Å².